The van der Waals surface area contributed by atoms with Crippen molar-refractivity contribution in [3.05, 3.63) is 71.0 Å². The van der Waals surface area contributed by atoms with Gasteiger partial charge in [-0.3, -0.25) is 4.79 Å². The third-order valence-electron chi connectivity index (χ3n) is 6.01. The molecule has 6 nitrogen and oxygen atoms in total. The van der Waals surface area contributed by atoms with Gasteiger partial charge < -0.3 is 19.7 Å². The van der Waals surface area contributed by atoms with Crippen LogP contribution in [0.5, 0.6) is 0 Å². The fourth-order valence-corrected chi connectivity index (χ4v) is 4.54. The molecule has 0 unspecified atom stereocenters. The molecule has 0 spiro atoms. The number of hydrogen-bond acceptors (Lipinski definition) is 4. The lowest BCUT2D eigenvalue weighted by Crippen LogP contribution is -2.46. The Bertz CT molecular complexity index is 1000. The number of halogens is 1. The largest absolute Gasteiger partial charge is 0.444 e. The number of nitrogens with one attached hydrogen (secondary N) is 1. The van der Waals surface area contributed by atoms with E-state index in [1.54, 1.807) is 12.1 Å². The maximum absolute atomic E-state index is 13.6. The van der Waals surface area contributed by atoms with Crippen LogP contribution in [0.2, 0.25) is 0 Å². The molecule has 0 aliphatic carbocycles. The number of amides is 2. The monoisotopic (exact) mass is 454 g/mol. The smallest absolute Gasteiger partial charge is 0.407 e. The zero-order chi connectivity index (χ0) is 23.6. The molecule has 2 aliphatic heterocycles. The number of alkyl carbamates (subject to hydrolysis) is 1. The molecule has 2 aliphatic rings. The van der Waals surface area contributed by atoms with Gasteiger partial charge in [-0.25, -0.2) is 9.18 Å². The summed E-state index contributed by atoms with van der Waals surface area (Å²) in [6.07, 6.45) is 0.725. The first kappa shape index (κ1) is 23.2. The van der Waals surface area contributed by atoms with E-state index in [9.17, 15) is 14.0 Å². The van der Waals surface area contributed by atoms with Gasteiger partial charge >= 0.3 is 6.09 Å². The Hall–Kier alpha value is -2.93. The fourth-order valence-electron chi connectivity index (χ4n) is 4.54. The van der Waals surface area contributed by atoms with Crippen LogP contribution in [0.1, 0.15) is 56.3 Å². The summed E-state index contributed by atoms with van der Waals surface area (Å²) in [5.41, 5.74) is 2.56. The van der Waals surface area contributed by atoms with Gasteiger partial charge in [-0.05, 0) is 68.9 Å². The minimum atomic E-state index is -0.570. The first-order valence-corrected chi connectivity index (χ1v) is 11.5. The molecule has 7 heteroatoms. The van der Waals surface area contributed by atoms with Gasteiger partial charge in [-0.1, -0.05) is 36.4 Å². The van der Waals surface area contributed by atoms with Crippen LogP contribution in [0, 0.1) is 5.82 Å². The van der Waals surface area contributed by atoms with Crippen LogP contribution in [0.4, 0.5) is 9.18 Å². The average Bonchev–Trinajstić information content (AvgIpc) is 3.25. The summed E-state index contributed by atoms with van der Waals surface area (Å²) in [5.74, 6) is -0.376. The fraction of sp³-hybridized carbons (Fsp3) is 0.462. The third kappa shape index (κ3) is 5.53. The van der Waals surface area contributed by atoms with Crippen molar-refractivity contribution in [3.8, 4) is 0 Å². The van der Waals surface area contributed by atoms with Gasteiger partial charge in [0.05, 0.1) is 12.1 Å². The molecule has 2 heterocycles. The summed E-state index contributed by atoms with van der Waals surface area (Å²) >= 11 is 0. The van der Waals surface area contributed by atoms with Gasteiger partial charge in [0.1, 0.15) is 17.5 Å². The van der Waals surface area contributed by atoms with E-state index in [0.717, 1.165) is 17.5 Å². The number of rotatable bonds is 4. The lowest BCUT2D eigenvalue weighted by atomic mass is 9.87. The molecule has 4 rings (SSSR count). The predicted octanol–water partition coefficient (Wildman–Crippen LogP) is 4.37. The van der Waals surface area contributed by atoms with Crippen molar-refractivity contribution in [1.82, 2.24) is 10.2 Å². The molecule has 2 aromatic rings. The standard InChI is InChI=1S/C26H31FN2O4/c1-26(2,3)33-25(31)28-16-20-12-13-22(32-20)24(30)29-15-14-17-6-4-5-7-21(17)23(29)18-8-10-19(27)11-9-18/h4-11,20,22-23H,12-16H2,1-3H3,(H,28,31)/t20-,22+,23-/m0/s1. The van der Waals surface area contributed by atoms with Crippen molar-refractivity contribution < 1.29 is 23.5 Å². The second-order valence-electron chi connectivity index (χ2n) is 9.64. The highest BCUT2D eigenvalue weighted by Crippen LogP contribution is 2.37. The second kappa shape index (κ2) is 9.51. The molecule has 1 fully saturated rings. The van der Waals surface area contributed by atoms with E-state index in [-0.39, 0.29) is 23.9 Å². The topological polar surface area (TPSA) is 67.9 Å². The number of carbonyl (C=O) groups is 2. The lowest BCUT2D eigenvalue weighted by molar-refractivity contribution is -0.145. The molecule has 0 saturated carbocycles. The van der Waals surface area contributed by atoms with E-state index in [0.29, 0.717) is 25.9 Å². The van der Waals surface area contributed by atoms with E-state index in [2.05, 4.69) is 11.4 Å². The van der Waals surface area contributed by atoms with Crippen LogP contribution in [0.15, 0.2) is 48.5 Å². The lowest BCUT2D eigenvalue weighted by Gasteiger charge is -2.39. The van der Waals surface area contributed by atoms with E-state index in [1.165, 1.54) is 17.7 Å². The van der Waals surface area contributed by atoms with Crippen molar-refractivity contribution in [1.29, 1.82) is 0 Å². The van der Waals surface area contributed by atoms with E-state index >= 15 is 0 Å². The second-order valence-corrected chi connectivity index (χ2v) is 9.64. The van der Waals surface area contributed by atoms with Crippen LogP contribution < -0.4 is 5.32 Å². The maximum atomic E-state index is 13.6. The summed E-state index contributed by atoms with van der Waals surface area (Å²) in [5, 5.41) is 2.73. The van der Waals surface area contributed by atoms with Crippen molar-refractivity contribution in [2.24, 2.45) is 0 Å². The molecule has 1 N–H and O–H groups in total. The third-order valence-corrected chi connectivity index (χ3v) is 6.01. The minimum absolute atomic E-state index is 0.0707. The van der Waals surface area contributed by atoms with Gasteiger partial charge in [0.25, 0.3) is 5.91 Å². The summed E-state index contributed by atoms with van der Waals surface area (Å²) in [6, 6.07) is 14.1. The molecule has 0 aromatic heterocycles. The maximum Gasteiger partial charge on any atom is 0.407 e. The van der Waals surface area contributed by atoms with Gasteiger partial charge in [-0.15, -0.1) is 0 Å². The van der Waals surface area contributed by atoms with Crippen LogP contribution >= 0.6 is 0 Å². The molecule has 0 radical (unpaired) electrons. The predicted molar refractivity (Wildman–Crippen MR) is 122 cm³/mol. The van der Waals surface area contributed by atoms with Gasteiger partial charge in [0.2, 0.25) is 0 Å². The molecule has 0 bridgehead atoms. The molecule has 3 atom stereocenters. The zero-order valence-corrected chi connectivity index (χ0v) is 19.3. The highest BCUT2D eigenvalue weighted by atomic mass is 19.1. The Morgan fingerprint density at radius 2 is 1.85 bits per heavy atom. The molecular formula is C26H31FN2O4. The highest BCUT2D eigenvalue weighted by Gasteiger charge is 2.39. The number of fused-ring (bicyclic) bond motifs is 1. The molecule has 2 amide bonds. The summed E-state index contributed by atoms with van der Waals surface area (Å²) < 4.78 is 24.9. The van der Waals surface area contributed by atoms with Crippen LogP contribution in [0.3, 0.4) is 0 Å². The highest BCUT2D eigenvalue weighted by molar-refractivity contribution is 5.82. The van der Waals surface area contributed by atoms with E-state index < -0.39 is 17.8 Å². The Morgan fingerprint density at radius 3 is 2.58 bits per heavy atom. The van der Waals surface area contributed by atoms with Gasteiger partial charge in [0, 0.05) is 13.1 Å². The SMILES string of the molecule is CC(C)(C)OC(=O)NC[C@@H]1CC[C@H](C(=O)N2CCc3ccccc3[C@@H]2c2ccc(F)cc2)O1. The number of carbonyl (C=O) groups excluding carboxylic acids is 2. The quantitative estimate of drug-likeness (QED) is 0.745. The summed E-state index contributed by atoms with van der Waals surface area (Å²) in [4.78, 5) is 27.3. The molecule has 1 saturated heterocycles. The van der Waals surface area contributed by atoms with Crippen molar-refractivity contribution in [2.45, 2.75) is 63.9 Å². The zero-order valence-electron chi connectivity index (χ0n) is 19.3. The summed E-state index contributed by atoms with van der Waals surface area (Å²) in [6.45, 7) is 6.28. The molecule has 176 valence electrons. The first-order valence-electron chi connectivity index (χ1n) is 11.5. The number of benzene rings is 2. The minimum Gasteiger partial charge on any atom is -0.444 e. The van der Waals surface area contributed by atoms with Crippen LogP contribution in [0.25, 0.3) is 0 Å². The van der Waals surface area contributed by atoms with Crippen molar-refractivity contribution >= 4 is 12.0 Å². The normalized spacial score (nSPS) is 22.5. The van der Waals surface area contributed by atoms with E-state index in [1.807, 2.05) is 43.9 Å². The summed E-state index contributed by atoms with van der Waals surface area (Å²) in [7, 11) is 0. The average molecular weight is 455 g/mol. The van der Waals surface area contributed by atoms with Crippen LogP contribution in [-0.4, -0.2) is 47.8 Å². The van der Waals surface area contributed by atoms with Crippen molar-refractivity contribution in [2.75, 3.05) is 13.1 Å². The Morgan fingerprint density at radius 1 is 1.12 bits per heavy atom. The number of nitrogens with zero attached hydrogens (tertiary/aromatic N) is 1. The number of ether oxygens (including phenoxy) is 2. The van der Waals surface area contributed by atoms with Crippen LogP contribution in [-0.2, 0) is 20.7 Å². The van der Waals surface area contributed by atoms with E-state index in [4.69, 9.17) is 9.47 Å². The number of hydrogen-bond donors (Lipinski definition) is 1. The van der Waals surface area contributed by atoms with Gasteiger partial charge in [-0.2, -0.15) is 0 Å². The molecular weight excluding hydrogens is 423 g/mol. The Balaban J connectivity index is 1.46. The Kier molecular flexibility index (Phi) is 6.70. The Labute approximate surface area is 194 Å². The van der Waals surface area contributed by atoms with Crippen molar-refractivity contribution in [3.63, 3.8) is 0 Å². The first-order chi connectivity index (χ1) is 15.7. The molecule has 2 aromatic carbocycles. The van der Waals surface area contributed by atoms with Gasteiger partial charge in [0.15, 0.2) is 0 Å². The molecule has 33 heavy (non-hydrogen) atoms.